The van der Waals surface area contributed by atoms with Crippen LogP contribution in [0.25, 0.3) is 11.0 Å². The fourth-order valence-corrected chi connectivity index (χ4v) is 3.61. The number of benzene rings is 3. The Balaban J connectivity index is 1.38. The van der Waals surface area contributed by atoms with Gasteiger partial charge in [0.15, 0.2) is 5.76 Å². The Hall–Kier alpha value is -4.49. The van der Waals surface area contributed by atoms with Gasteiger partial charge in [-0.1, -0.05) is 18.2 Å². The highest BCUT2D eigenvalue weighted by molar-refractivity contribution is 9.10. The summed E-state index contributed by atoms with van der Waals surface area (Å²) in [5.41, 5.74) is 4.66. The Morgan fingerprint density at radius 1 is 1.21 bits per heavy atom. The molecular formula is C24H15BrN4O5. The number of hydrazone groups is 1. The molecule has 9 nitrogen and oxygen atoms in total. The van der Waals surface area contributed by atoms with Crippen molar-refractivity contribution in [2.45, 2.75) is 6.61 Å². The molecule has 0 radical (unpaired) electrons. The highest BCUT2D eigenvalue weighted by atomic mass is 79.9. The summed E-state index contributed by atoms with van der Waals surface area (Å²) in [4.78, 5) is 22.7. The van der Waals surface area contributed by atoms with Gasteiger partial charge in [-0.15, -0.1) is 0 Å². The second kappa shape index (κ2) is 9.97. The number of nitro benzene ring substituents is 1. The Morgan fingerprint density at radius 2 is 2.03 bits per heavy atom. The Kier molecular flexibility index (Phi) is 6.66. The molecule has 0 fully saturated rings. The molecule has 0 spiro atoms. The average Bonchev–Trinajstić information content (AvgIpc) is 3.27. The number of nitro groups is 1. The van der Waals surface area contributed by atoms with Crippen molar-refractivity contribution in [3.05, 3.63) is 104 Å². The lowest BCUT2D eigenvalue weighted by Gasteiger charge is -2.09. The van der Waals surface area contributed by atoms with Crippen LogP contribution in [0, 0.1) is 21.4 Å². The van der Waals surface area contributed by atoms with Crippen LogP contribution in [0.1, 0.15) is 27.2 Å². The lowest BCUT2D eigenvalue weighted by molar-refractivity contribution is -0.384. The van der Waals surface area contributed by atoms with Gasteiger partial charge in [-0.25, -0.2) is 5.43 Å². The molecular weight excluding hydrogens is 504 g/mol. The van der Waals surface area contributed by atoms with Crippen LogP contribution in [-0.2, 0) is 6.61 Å². The number of nitrogens with one attached hydrogen (secondary N) is 1. The molecule has 4 aromatic rings. The number of halogens is 1. The number of ether oxygens (including phenoxy) is 1. The largest absolute Gasteiger partial charge is 0.488 e. The summed E-state index contributed by atoms with van der Waals surface area (Å²) in [6.45, 7) is 0.243. The van der Waals surface area contributed by atoms with E-state index in [0.29, 0.717) is 32.3 Å². The van der Waals surface area contributed by atoms with E-state index >= 15 is 0 Å². The number of carbonyl (C=O) groups excluding carboxylic acids is 1. The molecule has 1 aromatic heterocycles. The van der Waals surface area contributed by atoms with Gasteiger partial charge in [0.2, 0.25) is 0 Å². The van der Waals surface area contributed by atoms with Crippen molar-refractivity contribution < 1.29 is 18.9 Å². The molecule has 10 heteroatoms. The zero-order valence-corrected chi connectivity index (χ0v) is 19.0. The molecule has 168 valence electrons. The fraction of sp³-hybridized carbons (Fsp3) is 0.0417. The fourth-order valence-electron chi connectivity index (χ4n) is 3.10. The number of non-ortho nitro benzene ring substituents is 1. The van der Waals surface area contributed by atoms with Crippen LogP contribution >= 0.6 is 15.9 Å². The molecule has 4 rings (SSSR count). The minimum absolute atomic E-state index is 0.0183. The van der Waals surface area contributed by atoms with E-state index in [0.717, 1.165) is 5.56 Å². The Bertz CT molecular complexity index is 1470. The normalized spacial score (nSPS) is 10.8. The van der Waals surface area contributed by atoms with Gasteiger partial charge in [-0.2, -0.15) is 10.4 Å². The summed E-state index contributed by atoms with van der Waals surface area (Å²) in [6.07, 6.45) is 1.45. The first kappa shape index (κ1) is 22.7. The number of hydrogen-bond acceptors (Lipinski definition) is 7. The average molecular weight is 519 g/mol. The van der Waals surface area contributed by atoms with Gasteiger partial charge in [-0.05, 0) is 57.9 Å². The zero-order valence-electron chi connectivity index (χ0n) is 17.4. The van der Waals surface area contributed by atoms with Gasteiger partial charge in [0, 0.05) is 23.1 Å². The third kappa shape index (κ3) is 5.11. The maximum atomic E-state index is 12.3. The molecule has 1 N–H and O–H groups in total. The van der Waals surface area contributed by atoms with E-state index in [1.807, 2.05) is 12.1 Å². The number of furan rings is 1. The molecule has 0 atom stereocenters. The van der Waals surface area contributed by atoms with E-state index in [-0.39, 0.29) is 18.1 Å². The van der Waals surface area contributed by atoms with Crippen molar-refractivity contribution in [3.63, 3.8) is 0 Å². The van der Waals surface area contributed by atoms with E-state index in [9.17, 15) is 20.2 Å². The second-order valence-electron chi connectivity index (χ2n) is 7.04. The van der Waals surface area contributed by atoms with Crippen LogP contribution in [0.15, 0.2) is 80.7 Å². The van der Waals surface area contributed by atoms with E-state index in [1.165, 1.54) is 30.5 Å². The van der Waals surface area contributed by atoms with Crippen molar-refractivity contribution in [2.75, 3.05) is 0 Å². The summed E-state index contributed by atoms with van der Waals surface area (Å²) in [5, 5.41) is 24.4. The van der Waals surface area contributed by atoms with Gasteiger partial charge < -0.3 is 9.15 Å². The summed E-state index contributed by atoms with van der Waals surface area (Å²) in [5.74, 6) is -0.0224. The maximum Gasteiger partial charge on any atom is 0.307 e. The molecule has 0 unspecified atom stereocenters. The molecule has 0 bridgehead atoms. The van der Waals surface area contributed by atoms with Crippen LogP contribution in [0.2, 0.25) is 0 Å². The first-order chi connectivity index (χ1) is 16.4. The van der Waals surface area contributed by atoms with Crippen LogP contribution < -0.4 is 10.2 Å². The number of rotatable bonds is 7. The smallest absolute Gasteiger partial charge is 0.307 e. The molecule has 0 saturated heterocycles. The van der Waals surface area contributed by atoms with Gasteiger partial charge in [-0.3, -0.25) is 14.9 Å². The molecule has 1 amide bonds. The quantitative estimate of drug-likeness (QED) is 0.200. The lowest BCUT2D eigenvalue weighted by atomic mass is 10.1. The third-order valence-electron chi connectivity index (χ3n) is 4.79. The Labute approximate surface area is 201 Å². The van der Waals surface area contributed by atoms with Crippen LogP contribution in [-0.4, -0.2) is 17.0 Å². The van der Waals surface area contributed by atoms with Crippen molar-refractivity contribution in [1.29, 1.82) is 5.26 Å². The summed E-state index contributed by atoms with van der Waals surface area (Å²) in [6, 6.07) is 20.1. The monoisotopic (exact) mass is 518 g/mol. The van der Waals surface area contributed by atoms with Gasteiger partial charge in [0.25, 0.3) is 5.69 Å². The molecule has 0 aliphatic heterocycles. The summed E-state index contributed by atoms with van der Waals surface area (Å²) >= 11 is 3.45. The zero-order chi connectivity index (χ0) is 24.1. The highest BCUT2D eigenvalue weighted by Gasteiger charge is 2.14. The Morgan fingerprint density at radius 3 is 2.79 bits per heavy atom. The SMILES string of the molecule is N#Cc1ccccc1COc1ccc(C=NNC(=O)c2cc3cc([N+](=O)[O-])ccc3o2)cc1Br. The van der Waals surface area contributed by atoms with Crippen molar-refractivity contribution in [3.8, 4) is 11.8 Å². The standard InChI is InChI=1S/C24H15BrN4O5/c25-20-9-15(5-7-22(20)33-14-17-4-2-1-3-16(17)12-26)13-27-28-24(30)23-11-18-10-19(29(31)32)6-8-21(18)34-23/h1-11,13H,14H2,(H,28,30). The minimum atomic E-state index is -0.592. The number of carbonyl (C=O) groups is 1. The molecule has 0 aliphatic carbocycles. The van der Waals surface area contributed by atoms with Crippen molar-refractivity contribution in [2.24, 2.45) is 5.10 Å². The number of amides is 1. The summed E-state index contributed by atoms with van der Waals surface area (Å²) in [7, 11) is 0. The van der Waals surface area contributed by atoms with Gasteiger partial charge in [0.05, 0.1) is 27.2 Å². The van der Waals surface area contributed by atoms with E-state index in [1.54, 1.807) is 30.3 Å². The molecule has 34 heavy (non-hydrogen) atoms. The number of nitriles is 1. The number of hydrogen-bond donors (Lipinski definition) is 1. The molecule has 3 aromatic carbocycles. The van der Waals surface area contributed by atoms with E-state index in [2.05, 4.69) is 32.5 Å². The van der Waals surface area contributed by atoms with Crippen molar-refractivity contribution in [1.82, 2.24) is 5.43 Å². The molecule has 1 heterocycles. The van der Waals surface area contributed by atoms with Crippen LogP contribution in [0.3, 0.4) is 0 Å². The lowest BCUT2D eigenvalue weighted by Crippen LogP contribution is -2.16. The first-order valence-corrected chi connectivity index (χ1v) is 10.7. The van der Waals surface area contributed by atoms with Crippen LogP contribution in [0.4, 0.5) is 5.69 Å². The number of nitrogens with zero attached hydrogens (tertiary/aromatic N) is 3. The predicted octanol–water partition coefficient (Wildman–Crippen LogP) is 5.32. The minimum Gasteiger partial charge on any atom is -0.488 e. The van der Waals surface area contributed by atoms with E-state index < -0.39 is 10.8 Å². The molecule has 0 saturated carbocycles. The number of fused-ring (bicyclic) bond motifs is 1. The third-order valence-corrected chi connectivity index (χ3v) is 5.41. The van der Waals surface area contributed by atoms with Gasteiger partial charge >= 0.3 is 5.91 Å². The molecule has 0 aliphatic rings. The predicted molar refractivity (Wildman–Crippen MR) is 128 cm³/mol. The first-order valence-electron chi connectivity index (χ1n) is 9.86. The van der Waals surface area contributed by atoms with Crippen molar-refractivity contribution >= 4 is 44.7 Å². The van der Waals surface area contributed by atoms with Crippen LogP contribution in [0.5, 0.6) is 5.75 Å². The topological polar surface area (TPSA) is 131 Å². The van der Waals surface area contributed by atoms with E-state index in [4.69, 9.17) is 9.15 Å². The summed E-state index contributed by atoms with van der Waals surface area (Å²) < 4.78 is 11.9. The second-order valence-corrected chi connectivity index (χ2v) is 7.89. The highest BCUT2D eigenvalue weighted by Crippen LogP contribution is 2.27. The maximum absolute atomic E-state index is 12.3. The van der Waals surface area contributed by atoms with Gasteiger partial charge in [0.1, 0.15) is 17.9 Å².